The van der Waals surface area contributed by atoms with Crippen LogP contribution in [0.3, 0.4) is 0 Å². The van der Waals surface area contributed by atoms with Crippen LogP contribution in [0.2, 0.25) is 0 Å². The van der Waals surface area contributed by atoms with Gasteiger partial charge in [-0.15, -0.1) is 12.3 Å². The summed E-state index contributed by atoms with van der Waals surface area (Å²) < 4.78 is 5.74. The van der Waals surface area contributed by atoms with Crippen molar-refractivity contribution in [2.45, 2.75) is 51.2 Å². The third kappa shape index (κ3) is 6.68. The number of hydrogen-bond acceptors (Lipinski definition) is 3. The Labute approximate surface area is 105 Å². The molecule has 0 saturated heterocycles. The molecule has 1 aliphatic carbocycles. The zero-order chi connectivity index (χ0) is 12.5. The highest BCUT2D eigenvalue weighted by Crippen LogP contribution is 2.25. The van der Waals surface area contributed by atoms with Crippen LogP contribution in [0, 0.1) is 18.3 Å². The summed E-state index contributed by atoms with van der Waals surface area (Å²) >= 11 is 0. The minimum Gasteiger partial charge on any atom is -0.389 e. The van der Waals surface area contributed by atoms with Gasteiger partial charge in [0, 0.05) is 19.5 Å². The lowest BCUT2D eigenvalue weighted by atomic mass is 9.89. The van der Waals surface area contributed by atoms with Gasteiger partial charge in [-0.3, -0.25) is 0 Å². The number of aliphatic hydroxyl groups excluding tert-OH is 1. The van der Waals surface area contributed by atoms with E-state index in [4.69, 9.17) is 11.2 Å². The molecule has 0 radical (unpaired) electrons. The molecule has 2 N–H and O–H groups in total. The Bertz CT molecular complexity index is 237. The number of hydrogen-bond donors (Lipinski definition) is 2. The van der Waals surface area contributed by atoms with Crippen LogP contribution in [-0.4, -0.2) is 37.0 Å². The van der Waals surface area contributed by atoms with Crippen molar-refractivity contribution in [2.24, 2.45) is 5.92 Å². The van der Waals surface area contributed by atoms with Gasteiger partial charge in [-0.2, -0.15) is 0 Å². The first-order valence-electron chi connectivity index (χ1n) is 6.66. The third-order valence-corrected chi connectivity index (χ3v) is 3.24. The van der Waals surface area contributed by atoms with Crippen LogP contribution >= 0.6 is 0 Å². The van der Waals surface area contributed by atoms with E-state index in [1.165, 1.54) is 12.8 Å². The van der Waals surface area contributed by atoms with E-state index in [2.05, 4.69) is 18.2 Å². The first kappa shape index (κ1) is 14.5. The molecule has 0 bridgehead atoms. The summed E-state index contributed by atoms with van der Waals surface area (Å²) in [5, 5.41) is 12.8. The smallest absolute Gasteiger partial charge is 0.0897 e. The Morgan fingerprint density at radius 3 is 3.06 bits per heavy atom. The number of nitrogens with one attached hydrogen (secondary N) is 1. The molecular formula is C14H25NO2. The van der Waals surface area contributed by atoms with E-state index in [0.29, 0.717) is 25.7 Å². The van der Waals surface area contributed by atoms with Crippen LogP contribution in [-0.2, 0) is 4.74 Å². The summed E-state index contributed by atoms with van der Waals surface area (Å²) in [6.07, 6.45) is 10.6. The minimum absolute atomic E-state index is 0.346. The molecule has 0 heterocycles. The van der Waals surface area contributed by atoms with Gasteiger partial charge < -0.3 is 15.2 Å². The van der Waals surface area contributed by atoms with Gasteiger partial charge in [-0.25, -0.2) is 0 Å². The van der Waals surface area contributed by atoms with Gasteiger partial charge in [0.05, 0.1) is 18.8 Å². The molecule has 3 unspecified atom stereocenters. The summed E-state index contributed by atoms with van der Waals surface area (Å²) in [5.41, 5.74) is 0. The lowest BCUT2D eigenvalue weighted by molar-refractivity contribution is -0.0305. The molecule has 0 amide bonds. The van der Waals surface area contributed by atoms with Crippen molar-refractivity contribution < 1.29 is 9.84 Å². The number of rotatable bonds is 7. The van der Waals surface area contributed by atoms with E-state index in [-0.39, 0.29) is 0 Å². The van der Waals surface area contributed by atoms with Gasteiger partial charge in [0.15, 0.2) is 0 Å². The minimum atomic E-state index is -0.426. The maximum absolute atomic E-state index is 9.71. The second-order valence-corrected chi connectivity index (χ2v) is 5.04. The average molecular weight is 239 g/mol. The number of ether oxygens (including phenoxy) is 1. The molecule has 3 nitrogen and oxygen atoms in total. The first-order chi connectivity index (χ1) is 8.22. The second-order valence-electron chi connectivity index (χ2n) is 5.04. The molecule has 1 fully saturated rings. The molecule has 0 aliphatic heterocycles. The second kappa shape index (κ2) is 8.52. The summed E-state index contributed by atoms with van der Waals surface area (Å²) in [7, 11) is 0. The van der Waals surface area contributed by atoms with E-state index in [0.717, 1.165) is 25.3 Å². The zero-order valence-corrected chi connectivity index (χ0v) is 10.8. The monoisotopic (exact) mass is 239 g/mol. The maximum atomic E-state index is 9.71. The average Bonchev–Trinajstić information content (AvgIpc) is 2.32. The Morgan fingerprint density at radius 1 is 1.53 bits per heavy atom. The molecule has 0 aromatic carbocycles. The molecule has 3 atom stereocenters. The first-order valence-corrected chi connectivity index (χ1v) is 6.66. The molecule has 1 aliphatic rings. The molecule has 1 rings (SSSR count). The Morgan fingerprint density at radius 2 is 2.35 bits per heavy atom. The van der Waals surface area contributed by atoms with Crippen molar-refractivity contribution in [3.8, 4) is 12.3 Å². The highest BCUT2D eigenvalue weighted by molar-refractivity contribution is 4.84. The Kier molecular flexibility index (Phi) is 7.27. The number of terminal acetylenes is 1. The van der Waals surface area contributed by atoms with E-state index < -0.39 is 6.10 Å². The van der Waals surface area contributed by atoms with Gasteiger partial charge in [-0.1, -0.05) is 19.8 Å². The molecule has 0 aromatic rings. The van der Waals surface area contributed by atoms with Crippen LogP contribution in [0.5, 0.6) is 0 Å². The maximum Gasteiger partial charge on any atom is 0.0897 e. The number of aliphatic hydroxyl groups is 1. The van der Waals surface area contributed by atoms with Crippen molar-refractivity contribution in [2.75, 3.05) is 19.7 Å². The Balaban J connectivity index is 2.02. The van der Waals surface area contributed by atoms with Gasteiger partial charge in [0.1, 0.15) is 0 Å². The lowest BCUT2D eigenvalue weighted by Gasteiger charge is -2.27. The molecule has 1 saturated carbocycles. The van der Waals surface area contributed by atoms with Crippen molar-refractivity contribution in [1.82, 2.24) is 5.32 Å². The van der Waals surface area contributed by atoms with Crippen LogP contribution in [0.1, 0.15) is 39.0 Å². The summed E-state index contributed by atoms with van der Waals surface area (Å²) in [6, 6.07) is 0. The molecule has 98 valence electrons. The van der Waals surface area contributed by atoms with Crippen LogP contribution < -0.4 is 5.32 Å². The van der Waals surface area contributed by atoms with Crippen LogP contribution in [0.25, 0.3) is 0 Å². The third-order valence-electron chi connectivity index (χ3n) is 3.24. The molecule has 17 heavy (non-hydrogen) atoms. The fourth-order valence-electron chi connectivity index (χ4n) is 2.27. The van der Waals surface area contributed by atoms with E-state index >= 15 is 0 Å². The molecule has 3 heteroatoms. The van der Waals surface area contributed by atoms with Crippen LogP contribution in [0.15, 0.2) is 0 Å². The van der Waals surface area contributed by atoms with Gasteiger partial charge in [0.25, 0.3) is 0 Å². The summed E-state index contributed by atoms with van der Waals surface area (Å²) in [5.74, 6) is 3.32. The van der Waals surface area contributed by atoms with E-state index in [9.17, 15) is 5.11 Å². The quantitative estimate of drug-likeness (QED) is 0.523. The summed E-state index contributed by atoms with van der Waals surface area (Å²) in [4.78, 5) is 0. The standard InChI is InChI=1S/C14H25NO2/c1-3-4-8-15-10-13(16)11-17-14-7-5-6-12(2)9-14/h1,12-16H,4-11H2,2H3. The van der Waals surface area contributed by atoms with Crippen molar-refractivity contribution in [1.29, 1.82) is 0 Å². The fourth-order valence-corrected chi connectivity index (χ4v) is 2.27. The van der Waals surface area contributed by atoms with Crippen molar-refractivity contribution >= 4 is 0 Å². The normalized spacial score (nSPS) is 26.4. The largest absolute Gasteiger partial charge is 0.389 e. The van der Waals surface area contributed by atoms with Crippen LogP contribution in [0.4, 0.5) is 0 Å². The van der Waals surface area contributed by atoms with E-state index in [1.54, 1.807) is 0 Å². The zero-order valence-electron chi connectivity index (χ0n) is 10.8. The summed E-state index contributed by atoms with van der Waals surface area (Å²) in [6.45, 7) is 4.02. The lowest BCUT2D eigenvalue weighted by Crippen LogP contribution is -2.33. The highest BCUT2D eigenvalue weighted by atomic mass is 16.5. The van der Waals surface area contributed by atoms with Gasteiger partial charge >= 0.3 is 0 Å². The van der Waals surface area contributed by atoms with Crippen molar-refractivity contribution in [3.63, 3.8) is 0 Å². The Hall–Kier alpha value is -0.560. The highest BCUT2D eigenvalue weighted by Gasteiger charge is 2.20. The fraction of sp³-hybridized carbons (Fsp3) is 0.857. The van der Waals surface area contributed by atoms with Crippen molar-refractivity contribution in [3.05, 3.63) is 0 Å². The molecule has 0 spiro atoms. The topological polar surface area (TPSA) is 41.5 Å². The molecule has 0 aromatic heterocycles. The predicted molar refractivity (Wildman–Crippen MR) is 69.7 cm³/mol. The van der Waals surface area contributed by atoms with E-state index in [1.807, 2.05) is 0 Å². The molecular weight excluding hydrogens is 214 g/mol. The predicted octanol–water partition coefficient (Wildman–Crippen LogP) is 1.56. The van der Waals surface area contributed by atoms with Gasteiger partial charge in [0.2, 0.25) is 0 Å². The van der Waals surface area contributed by atoms with Gasteiger partial charge in [-0.05, 0) is 18.8 Å². The SMILES string of the molecule is C#CCCNCC(O)COC1CCCC(C)C1.